The van der Waals surface area contributed by atoms with Gasteiger partial charge in [0, 0.05) is 52.0 Å². The summed E-state index contributed by atoms with van der Waals surface area (Å²) in [5, 5.41) is 9.79. The quantitative estimate of drug-likeness (QED) is 0.655. The topological polar surface area (TPSA) is 130 Å². The van der Waals surface area contributed by atoms with Crippen LogP contribution in [0.4, 0.5) is 5.82 Å². The van der Waals surface area contributed by atoms with E-state index in [1.165, 1.54) is 10.6 Å². The summed E-state index contributed by atoms with van der Waals surface area (Å²) in [5.41, 5.74) is 0.344. The van der Waals surface area contributed by atoms with Crippen molar-refractivity contribution in [3.63, 3.8) is 0 Å². The van der Waals surface area contributed by atoms with Gasteiger partial charge in [0.2, 0.25) is 5.91 Å². The molecule has 33 heavy (non-hydrogen) atoms. The van der Waals surface area contributed by atoms with Gasteiger partial charge in [0.1, 0.15) is 24.2 Å². The second kappa shape index (κ2) is 8.23. The SMILES string of the molecule is CN(C[C@H]1CCCN1C(=O)CC#N)S(=O)(=O)N1CCN(c2ncnc3[nH]ccc23)CC12CC2. The number of likely N-dealkylation sites (N-methyl/N-ethyl adjacent to an activating group) is 1. The maximum Gasteiger partial charge on any atom is 0.282 e. The molecular weight excluding hydrogens is 444 g/mol. The van der Waals surface area contributed by atoms with E-state index in [4.69, 9.17) is 5.26 Å². The number of carbonyl (C=O) groups is 1. The fourth-order valence-corrected chi connectivity index (χ4v) is 6.99. The van der Waals surface area contributed by atoms with E-state index in [0.29, 0.717) is 26.2 Å². The number of anilines is 1. The third-order valence-electron chi connectivity index (χ3n) is 7.11. The van der Waals surface area contributed by atoms with Crippen LogP contribution in [-0.4, -0.2) is 94.1 Å². The first-order valence-electron chi connectivity index (χ1n) is 11.3. The van der Waals surface area contributed by atoms with E-state index in [1.54, 1.807) is 16.3 Å². The van der Waals surface area contributed by atoms with Crippen LogP contribution in [0.1, 0.15) is 32.1 Å². The molecule has 1 aliphatic carbocycles. The van der Waals surface area contributed by atoms with Gasteiger partial charge in [-0.05, 0) is 31.7 Å². The Bertz CT molecular complexity index is 1200. The lowest BCUT2D eigenvalue weighted by Crippen LogP contribution is -2.60. The van der Waals surface area contributed by atoms with E-state index in [2.05, 4.69) is 19.9 Å². The second-order valence-electron chi connectivity index (χ2n) is 9.16. The lowest BCUT2D eigenvalue weighted by Gasteiger charge is -2.43. The highest BCUT2D eigenvalue weighted by Crippen LogP contribution is 2.47. The van der Waals surface area contributed by atoms with Crippen molar-refractivity contribution in [3.05, 3.63) is 18.6 Å². The molecule has 1 saturated carbocycles. The third kappa shape index (κ3) is 3.84. The van der Waals surface area contributed by atoms with Gasteiger partial charge >= 0.3 is 0 Å². The Balaban J connectivity index is 1.31. The lowest BCUT2D eigenvalue weighted by molar-refractivity contribution is -0.131. The number of likely N-dealkylation sites (tertiary alicyclic amines) is 1. The van der Waals surface area contributed by atoms with Crippen molar-refractivity contribution in [2.75, 3.05) is 44.7 Å². The number of piperazine rings is 1. The Morgan fingerprint density at radius 3 is 2.91 bits per heavy atom. The number of aromatic amines is 1. The van der Waals surface area contributed by atoms with Crippen LogP contribution in [-0.2, 0) is 15.0 Å². The monoisotopic (exact) mass is 472 g/mol. The molecule has 5 rings (SSSR count). The molecule has 12 heteroatoms. The molecule has 2 aromatic rings. The summed E-state index contributed by atoms with van der Waals surface area (Å²) in [6, 6.07) is 3.66. The summed E-state index contributed by atoms with van der Waals surface area (Å²) >= 11 is 0. The fraction of sp³-hybridized carbons (Fsp3) is 0.619. The normalized spacial score (nSPS) is 22.9. The van der Waals surface area contributed by atoms with Crippen LogP contribution < -0.4 is 4.90 Å². The smallest absolute Gasteiger partial charge is 0.282 e. The predicted octanol–water partition coefficient (Wildman–Crippen LogP) is 0.694. The van der Waals surface area contributed by atoms with Crippen LogP contribution in [0, 0.1) is 11.3 Å². The highest BCUT2D eigenvalue weighted by atomic mass is 32.2. The number of carbonyl (C=O) groups excluding carboxylic acids is 1. The van der Waals surface area contributed by atoms with Gasteiger partial charge in [-0.3, -0.25) is 4.79 Å². The van der Waals surface area contributed by atoms with Crippen molar-refractivity contribution >= 4 is 33.0 Å². The van der Waals surface area contributed by atoms with E-state index in [-0.39, 0.29) is 24.9 Å². The van der Waals surface area contributed by atoms with Crippen LogP contribution in [0.3, 0.4) is 0 Å². The van der Waals surface area contributed by atoms with Gasteiger partial charge in [-0.15, -0.1) is 0 Å². The molecule has 3 fully saturated rings. The van der Waals surface area contributed by atoms with Crippen LogP contribution in [0.15, 0.2) is 18.6 Å². The fourth-order valence-electron chi connectivity index (χ4n) is 5.25. The van der Waals surface area contributed by atoms with Crippen molar-refractivity contribution in [2.45, 2.75) is 43.7 Å². The number of rotatable bonds is 6. The molecule has 0 aromatic carbocycles. The molecule has 1 spiro atoms. The molecule has 2 saturated heterocycles. The molecule has 3 aliphatic rings. The molecule has 2 aliphatic heterocycles. The van der Waals surface area contributed by atoms with Crippen LogP contribution in [0.2, 0.25) is 0 Å². The molecule has 2 aromatic heterocycles. The summed E-state index contributed by atoms with van der Waals surface area (Å²) in [4.78, 5) is 27.9. The van der Waals surface area contributed by atoms with Crippen LogP contribution in [0.5, 0.6) is 0 Å². The minimum absolute atomic E-state index is 0.171. The average molecular weight is 473 g/mol. The molecular formula is C21H28N8O3S. The van der Waals surface area contributed by atoms with Crippen LogP contribution in [0.25, 0.3) is 11.0 Å². The predicted molar refractivity (Wildman–Crippen MR) is 121 cm³/mol. The van der Waals surface area contributed by atoms with Crippen molar-refractivity contribution in [3.8, 4) is 6.07 Å². The highest BCUT2D eigenvalue weighted by Gasteiger charge is 2.57. The Morgan fingerprint density at radius 1 is 1.33 bits per heavy atom. The summed E-state index contributed by atoms with van der Waals surface area (Å²) in [6.07, 6.45) is 6.39. The number of nitrogens with one attached hydrogen (secondary N) is 1. The van der Waals surface area contributed by atoms with Crippen molar-refractivity contribution in [2.24, 2.45) is 0 Å². The van der Waals surface area contributed by atoms with Gasteiger partial charge in [-0.1, -0.05) is 0 Å². The van der Waals surface area contributed by atoms with E-state index in [0.717, 1.165) is 42.5 Å². The number of hydrogen-bond donors (Lipinski definition) is 1. The number of nitriles is 1. The van der Waals surface area contributed by atoms with E-state index >= 15 is 0 Å². The summed E-state index contributed by atoms with van der Waals surface area (Å²) in [7, 11) is -2.10. The summed E-state index contributed by atoms with van der Waals surface area (Å²) in [5.74, 6) is 0.606. The first-order chi connectivity index (χ1) is 15.9. The second-order valence-corrected chi connectivity index (χ2v) is 11.1. The average Bonchev–Trinajstić information content (AvgIpc) is 3.18. The lowest BCUT2D eigenvalue weighted by atomic mass is 10.2. The first-order valence-corrected chi connectivity index (χ1v) is 12.7. The number of aromatic nitrogens is 3. The number of hydrogen-bond acceptors (Lipinski definition) is 7. The molecule has 176 valence electrons. The zero-order valence-electron chi connectivity index (χ0n) is 18.6. The number of amides is 1. The van der Waals surface area contributed by atoms with Crippen molar-refractivity contribution < 1.29 is 13.2 Å². The third-order valence-corrected chi connectivity index (χ3v) is 9.18. The molecule has 4 heterocycles. The zero-order chi connectivity index (χ0) is 23.2. The van der Waals surface area contributed by atoms with Crippen LogP contribution >= 0.6 is 0 Å². The van der Waals surface area contributed by atoms with Gasteiger partial charge in [-0.25, -0.2) is 9.97 Å². The van der Waals surface area contributed by atoms with Gasteiger partial charge in [0.15, 0.2) is 0 Å². The zero-order valence-corrected chi connectivity index (χ0v) is 19.5. The van der Waals surface area contributed by atoms with Gasteiger partial charge in [0.05, 0.1) is 17.0 Å². The van der Waals surface area contributed by atoms with Gasteiger partial charge < -0.3 is 14.8 Å². The molecule has 0 bridgehead atoms. The van der Waals surface area contributed by atoms with Gasteiger partial charge in [-0.2, -0.15) is 22.3 Å². The van der Waals surface area contributed by atoms with Gasteiger partial charge in [0.25, 0.3) is 10.2 Å². The van der Waals surface area contributed by atoms with Crippen molar-refractivity contribution in [1.82, 2.24) is 28.5 Å². The standard InChI is InChI=1S/C21H28N8O3S/c1-26(13-16-3-2-10-28(16)18(30)4-8-22)33(31,32)29-12-11-27(14-21(29)6-7-21)20-17-5-9-23-19(17)24-15-25-20/h5,9,15-16H,2-4,6-7,10-14H2,1H3,(H,23,24,25)/t16-/m1/s1. The molecule has 1 atom stereocenters. The van der Waals surface area contributed by atoms with Crippen molar-refractivity contribution in [1.29, 1.82) is 5.26 Å². The Kier molecular flexibility index (Phi) is 5.50. The molecule has 1 amide bonds. The number of fused-ring (bicyclic) bond motifs is 1. The summed E-state index contributed by atoms with van der Waals surface area (Å²) < 4.78 is 30.2. The van der Waals surface area contributed by atoms with E-state index < -0.39 is 15.7 Å². The first kappa shape index (κ1) is 22.1. The number of H-pyrrole nitrogens is 1. The minimum Gasteiger partial charge on any atom is -0.353 e. The highest BCUT2D eigenvalue weighted by molar-refractivity contribution is 7.86. The van der Waals surface area contributed by atoms with E-state index in [1.807, 2.05) is 18.3 Å². The largest absolute Gasteiger partial charge is 0.353 e. The molecule has 1 N–H and O–H groups in total. The maximum atomic E-state index is 13.6. The molecule has 11 nitrogen and oxygen atoms in total. The Morgan fingerprint density at radius 2 is 2.15 bits per heavy atom. The maximum absolute atomic E-state index is 13.6. The number of nitrogens with zero attached hydrogens (tertiary/aromatic N) is 7. The Labute approximate surface area is 193 Å². The minimum atomic E-state index is -3.70. The Hall–Kier alpha value is -2.75. The molecule has 0 radical (unpaired) electrons. The molecule has 0 unspecified atom stereocenters. The van der Waals surface area contributed by atoms with E-state index in [9.17, 15) is 13.2 Å². The summed E-state index contributed by atoms with van der Waals surface area (Å²) in [6.45, 7) is 2.33.